The third-order valence-corrected chi connectivity index (χ3v) is 4.94. The molecule has 1 rings (SSSR count). The van der Waals surface area contributed by atoms with Crippen molar-refractivity contribution < 1.29 is 13.2 Å². The molecule has 1 aromatic rings. The summed E-state index contributed by atoms with van der Waals surface area (Å²) in [6.45, 7) is 5.68. The van der Waals surface area contributed by atoms with Crippen molar-refractivity contribution in [1.82, 2.24) is 14.6 Å². The molecule has 0 saturated carbocycles. The summed E-state index contributed by atoms with van der Waals surface area (Å²) in [6, 6.07) is 3.07. The molecule has 0 bridgehead atoms. The molecule has 0 aliphatic heterocycles. The Bertz CT molecular complexity index is 502. The number of ether oxygens (including phenoxy) is 1. The fourth-order valence-corrected chi connectivity index (χ4v) is 2.92. The molecule has 7 heteroatoms. The largest absolute Gasteiger partial charge is 0.383 e. The zero-order chi connectivity index (χ0) is 15.2. The van der Waals surface area contributed by atoms with Crippen molar-refractivity contribution in [3.63, 3.8) is 0 Å². The van der Waals surface area contributed by atoms with Gasteiger partial charge in [0.2, 0.25) is 0 Å². The van der Waals surface area contributed by atoms with Crippen LogP contribution in [0.4, 0.5) is 0 Å². The second kappa shape index (κ2) is 7.68. The summed E-state index contributed by atoms with van der Waals surface area (Å²) in [7, 11) is -0.495. The van der Waals surface area contributed by atoms with E-state index in [0.717, 1.165) is 12.1 Å². The number of aromatic nitrogens is 1. The van der Waals surface area contributed by atoms with E-state index in [0.29, 0.717) is 13.2 Å². The van der Waals surface area contributed by atoms with Gasteiger partial charge in [-0.3, -0.25) is 0 Å². The van der Waals surface area contributed by atoms with Gasteiger partial charge >= 0.3 is 0 Å². The lowest BCUT2D eigenvalue weighted by Crippen LogP contribution is -2.38. The fraction of sp³-hybridized carbons (Fsp3) is 0.615. The average Bonchev–Trinajstić information content (AvgIpc) is 2.45. The number of rotatable bonds is 8. The van der Waals surface area contributed by atoms with Crippen LogP contribution in [0.1, 0.15) is 19.4 Å². The first-order valence-electron chi connectivity index (χ1n) is 6.56. The Labute approximate surface area is 121 Å². The van der Waals surface area contributed by atoms with Crippen LogP contribution in [-0.4, -0.2) is 51.1 Å². The van der Waals surface area contributed by atoms with Gasteiger partial charge in [-0.15, -0.1) is 0 Å². The second-order valence-electron chi connectivity index (χ2n) is 4.61. The lowest BCUT2D eigenvalue weighted by atomic mass is 10.3. The van der Waals surface area contributed by atoms with Crippen LogP contribution in [-0.2, 0) is 21.3 Å². The molecule has 0 aliphatic carbocycles. The lowest BCUT2D eigenvalue weighted by molar-refractivity contribution is 0.149. The van der Waals surface area contributed by atoms with Crippen LogP contribution in [0.15, 0.2) is 23.4 Å². The molecular weight excluding hydrogens is 278 g/mol. The summed E-state index contributed by atoms with van der Waals surface area (Å²) in [4.78, 5) is 4.06. The lowest BCUT2D eigenvalue weighted by Gasteiger charge is -2.23. The Morgan fingerprint density at radius 3 is 2.65 bits per heavy atom. The van der Waals surface area contributed by atoms with E-state index in [-0.39, 0.29) is 11.1 Å². The molecule has 1 atom stereocenters. The maximum absolute atomic E-state index is 12.4. The highest BCUT2D eigenvalue weighted by Gasteiger charge is 2.26. The number of sulfonamides is 1. The monoisotopic (exact) mass is 301 g/mol. The van der Waals surface area contributed by atoms with E-state index in [1.54, 1.807) is 26.3 Å². The van der Waals surface area contributed by atoms with Gasteiger partial charge in [0.25, 0.3) is 10.0 Å². The topological polar surface area (TPSA) is 71.5 Å². The van der Waals surface area contributed by atoms with E-state index >= 15 is 0 Å². The Morgan fingerprint density at radius 1 is 1.45 bits per heavy atom. The van der Waals surface area contributed by atoms with E-state index in [9.17, 15) is 8.42 Å². The molecule has 20 heavy (non-hydrogen) atoms. The van der Waals surface area contributed by atoms with Crippen molar-refractivity contribution in [3.8, 4) is 0 Å². The van der Waals surface area contributed by atoms with Crippen molar-refractivity contribution in [3.05, 3.63) is 23.9 Å². The van der Waals surface area contributed by atoms with Crippen molar-refractivity contribution >= 4 is 10.0 Å². The quantitative estimate of drug-likeness (QED) is 0.770. The SMILES string of the molecule is CCNCc1ccc(S(=O)(=O)N(C)C(C)COC)nc1. The Hall–Kier alpha value is -1.02. The minimum absolute atomic E-state index is 0.0585. The van der Waals surface area contributed by atoms with Crippen LogP contribution in [0.25, 0.3) is 0 Å². The fourth-order valence-electron chi connectivity index (χ4n) is 1.67. The normalized spacial score (nSPS) is 13.7. The van der Waals surface area contributed by atoms with Gasteiger partial charge in [-0.25, -0.2) is 13.4 Å². The summed E-state index contributed by atoms with van der Waals surface area (Å²) < 4.78 is 31.0. The molecule has 0 fully saturated rings. The van der Waals surface area contributed by atoms with Gasteiger partial charge in [-0.2, -0.15) is 4.31 Å². The number of methoxy groups -OCH3 is 1. The van der Waals surface area contributed by atoms with Gasteiger partial charge in [-0.1, -0.05) is 13.0 Å². The molecule has 0 aliphatic rings. The van der Waals surface area contributed by atoms with E-state index in [2.05, 4.69) is 10.3 Å². The number of nitrogens with one attached hydrogen (secondary N) is 1. The van der Waals surface area contributed by atoms with Gasteiger partial charge in [-0.05, 0) is 25.1 Å². The number of likely N-dealkylation sites (N-methyl/N-ethyl adjacent to an activating group) is 1. The van der Waals surface area contributed by atoms with Gasteiger partial charge in [0.1, 0.15) is 0 Å². The minimum Gasteiger partial charge on any atom is -0.383 e. The van der Waals surface area contributed by atoms with Crippen LogP contribution in [0, 0.1) is 0 Å². The number of pyridine rings is 1. The maximum atomic E-state index is 12.4. The predicted molar refractivity (Wildman–Crippen MR) is 77.9 cm³/mol. The Morgan fingerprint density at radius 2 is 2.15 bits per heavy atom. The van der Waals surface area contributed by atoms with Crippen molar-refractivity contribution in [2.24, 2.45) is 0 Å². The number of hydrogen-bond donors (Lipinski definition) is 1. The van der Waals surface area contributed by atoms with Crippen LogP contribution in [0.2, 0.25) is 0 Å². The third-order valence-electron chi connectivity index (χ3n) is 3.05. The molecule has 6 nitrogen and oxygen atoms in total. The molecule has 0 amide bonds. The summed E-state index contributed by atoms with van der Waals surface area (Å²) in [6.07, 6.45) is 1.59. The Kier molecular flexibility index (Phi) is 6.54. The first kappa shape index (κ1) is 17.0. The third kappa shape index (κ3) is 4.24. The van der Waals surface area contributed by atoms with Crippen LogP contribution >= 0.6 is 0 Å². The van der Waals surface area contributed by atoms with Gasteiger partial charge in [0.05, 0.1) is 6.61 Å². The first-order valence-corrected chi connectivity index (χ1v) is 8.00. The molecule has 1 aromatic heterocycles. The Balaban J connectivity index is 2.87. The highest BCUT2D eigenvalue weighted by molar-refractivity contribution is 7.89. The van der Waals surface area contributed by atoms with E-state index in [1.165, 1.54) is 17.4 Å². The van der Waals surface area contributed by atoms with E-state index < -0.39 is 10.0 Å². The predicted octanol–water partition coefficient (Wildman–Crippen LogP) is 0.846. The summed E-state index contributed by atoms with van der Waals surface area (Å²) in [5.74, 6) is 0. The summed E-state index contributed by atoms with van der Waals surface area (Å²) in [5.41, 5.74) is 0.957. The standard InChI is InChI=1S/C13H23N3O3S/c1-5-14-8-12-6-7-13(15-9-12)20(17,18)16(3)11(2)10-19-4/h6-7,9,11,14H,5,8,10H2,1-4H3. The molecule has 114 valence electrons. The van der Waals surface area contributed by atoms with Gasteiger partial charge in [0, 0.05) is 32.9 Å². The molecule has 0 radical (unpaired) electrons. The minimum atomic E-state index is -3.58. The van der Waals surface area contributed by atoms with Crippen LogP contribution in [0.3, 0.4) is 0 Å². The van der Waals surface area contributed by atoms with Crippen molar-refractivity contribution in [2.45, 2.75) is 31.5 Å². The average molecular weight is 301 g/mol. The highest BCUT2D eigenvalue weighted by atomic mass is 32.2. The smallest absolute Gasteiger partial charge is 0.260 e. The maximum Gasteiger partial charge on any atom is 0.260 e. The van der Waals surface area contributed by atoms with E-state index in [1.807, 2.05) is 6.92 Å². The molecule has 0 aromatic carbocycles. The van der Waals surface area contributed by atoms with Gasteiger partial charge in [0.15, 0.2) is 5.03 Å². The van der Waals surface area contributed by atoms with Crippen LogP contribution < -0.4 is 5.32 Å². The van der Waals surface area contributed by atoms with Crippen molar-refractivity contribution in [1.29, 1.82) is 0 Å². The molecule has 1 unspecified atom stereocenters. The van der Waals surface area contributed by atoms with Crippen molar-refractivity contribution in [2.75, 3.05) is 27.3 Å². The summed E-state index contributed by atoms with van der Waals surface area (Å²) >= 11 is 0. The summed E-state index contributed by atoms with van der Waals surface area (Å²) in [5, 5.41) is 3.22. The number of nitrogens with zero attached hydrogens (tertiary/aromatic N) is 2. The molecule has 1 heterocycles. The van der Waals surface area contributed by atoms with Gasteiger partial charge < -0.3 is 10.1 Å². The van der Waals surface area contributed by atoms with E-state index in [4.69, 9.17) is 4.74 Å². The zero-order valence-corrected chi connectivity index (χ0v) is 13.3. The number of hydrogen-bond acceptors (Lipinski definition) is 5. The zero-order valence-electron chi connectivity index (χ0n) is 12.5. The molecular formula is C13H23N3O3S. The molecule has 0 spiro atoms. The molecule has 1 N–H and O–H groups in total. The molecule has 0 saturated heterocycles. The van der Waals surface area contributed by atoms with Crippen LogP contribution in [0.5, 0.6) is 0 Å². The first-order chi connectivity index (χ1) is 9.43. The second-order valence-corrected chi connectivity index (χ2v) is 6.56. The highest BCUT2D eigenvalue weighted by Crippen LogP contribution is 2.14.